The Morgan fingerprint density at radius 2 is 1.61 bits per heavy atom. The fourth-order valence-corrected chi connectivity index (χ4v) is 4.61. The van der Waals surface area contributed by atoms with Gasteiger partial charge in [-0.1, -0.05) is 30.3 Å². The van der Waals surface area contributed by atoms with Gasteiger partial charge in [0.1, 0.15) is 23.6 Å². The summed E-state index contributed by atoms with van der Waals surface area (Å²) in [5, 5.41) is 1.96. The molecule has 1 saturated heterocycles. The van der Waals surface area contributed by atoms with Gasteiger partial charge in [-0.15, -0.1) is 0 Å². The van der Waals surface area contributed by atoms with Gasteiger partial charge >= 0.3 is 0 Å². The normalized spacial score (nSPS) is 13.6. The number of amides is 1. The number of anilines is 1. The number of ether oxygens (including phenoxy) is 2. The number of nitrogens with zero attached hydrogens (tertiary/aromatic N) is 4. The van der Waals surface area contributed by atoms with Gasteiger partial charge < -0.3 is 19.3 Å². The summed E-state index contributed by atoms with van der Waals surface area (Å²) in [4.78, 5) is 26.7. The van der Waals surface area contributed by atoms with E-state index in [9.17, 15) is 4.79 Å². The molecule has 0 spiro atoms. The average molecular weight is 483 g/mol. The molecule has 7 nitrogen and oxygen atoms in total. The maximum absolute atomic E-state index is 13.7. The molecule has 0 atom stereocenters. The average Bonchev–Trinajstić information content (AvgIpc) is 2.93. The SMILES string of the molecule is CCOc1ccc(-c2cc(N3CCN(C(=O)c4c(OCC)ccc5ccccc45)CC3)ncn2)cc1. The molecule has 3 aromatic carbocycles. The summed E-state index contributed by atoms with van der Waals surface area (Å²) in [6.45, 7) is 7.66. The van der Waals surface area contributed by atoms with Crippen molar-refractivity contribution in [3.05, 3.63) is 78.6 Å². The van der Waals surface area contributed by atoms with Crippen LogP contribution in [-0.4, -0.2) is 60.2 Å². The van der Waals surface area contributed by atoms with Crippen molar-refractivity contribution in [1.29, 1.82) is 0 Å². The first-order valence-electron chi connectivity index (χ1n) is 12.4. The van der Waals surface area contributed by atoms with Crippen molar-refractivity contribution in [2.45, 2.75) is 13.8 Å². The summed E-state index contributed by atoms with van der Waals surface area (Å²) < 4.78 is 11.4. The number of rotatable bonds is 7. The van der Waals surface area contributed by atoms with E-state index < -0.39 is 0 Å². The first-order chi connectivity index (χ1) is 17.7. The van der Waals surface area contributed by atoms with Crippen LogP contribution in [0.4, 0.5) is 5.82 Å². The Bertz CT molecular complexity index is 1350. The Kier molecular flexibility index (Phi) is 6.98. The number of aromatic nitrogens is 2. The third-order valence-electron chi connectivity index (χ3n) is 6.41. The van der Waals surface area contributed by atoms with Crippen LogP contribution in [0.15, 0.2) is 73.1 Å². The van der Waals surface area contributed by atoms with E-state index in [1.54, 1.807) is 6.33 Å². The largest absolute Gasteiger partial charge is 0.494 e. The van der Waals surface area contributed by atoms with E-state index in [1.165, 1.54) is 0 Å². The minimum Gasteiger partial charge on any atom is -0.494 e. The lowest BCUT2D eigenvalue weighted by atomic mass is 10.0. The maximum Gasteiger partial charge on any atom is 0.258 e. The highest BCUT2D eigenvalue weighted by Crippen LogP contribution is 2.30. The smallest absolute Gasteiger partial charge is 0.258 e. The second-order valence-corrected chi connectivity index (χ2v) is 8.59. The molecular weight excluding hydrogens is 452 g/mol. The van der Waals surface area contributed by atoms with Crippen molar-refractivity contribution in [2.24, 2.45) is 0 Å². The van der Waals surface area contributed by atoms with E-state index in [1.807, 2.05) is 85.5 Å². The Balaban J connectivity index is 1.32. The first kappa shape index (κ1) is 23.6. The van der Waals surface area contributed by atoms with E-state index in [0.29, 0.717) is 50.7 Å². The number of benzene rings is 3. The highest BCUT2D eigenvalue weighted by atomic mass is 16.5. The number of hydrogen-bond donors (Lipinski definition) is 0. The minimum absolute atomic E-state index is 0.00710. The van der Waals surface area contributed by atoms with Crippen LogP contribution in [-0.2, 0) is 0 Å². The molecule has 36 heavy (non-hydrogen) atoms. The van der Waals surface area contributed by atoms with Crippen LogP contribution in [0.1, 0.15) is 24.2 Å². The molecule has 184 valence electrons. The summed E-state index contributed by atoms with van der Waals surface area (Å²) in [6.07, 6.45) is 1.60. The van der Waals surface area contributed by atoms with Gasteiger partial charge in [-0.2, -0.15) is 0 Å². The highest BCUT2D eigenvalue weighted by molar-refractivity contribution is 6.09. The molecule has 1 aromatic heterocycles. The maximum atomic E-state index is 13.7. The second-order valence-electron chi connectivity index (χ2n) is 8.59. The van der Waals surface area contributed by atoms with Crippen molar-refractivity contribution in [3.8, 4) is 22.8 Å². The van der Waals surface area contributed by atoms with Crippen LogP contribution in [0.5, 0.6) is 11.5 Å². The fraction of sp³-hybridized carbons (Fsp3) is 0.276. The van der Waals surface area contributed by atoms with Gasteiger partial charge in [0.15, 0.2) is 0 Å². The van der Waals surface area contributed by atoms with Gasteiger partial charge in [-0.3, -0.25) is 4.79 Å². The van der Waals surface area contributed by atoms with E-state index in [4.69, 9.17) is 9.47 Å². The van der Waals surface area contributed by atoms with Crippen LogP contribution in [0.3, 0.4) is 0 Å². The summed E-state index contributed by atoms with van der Waals surface area (Å²) in [6, 6.07) is 21.8. The fourth-order valence-electron chi connectivity index (χ4n) is 4.61. The van der Waals surface area contributed by atoms with E-state index in [2.05, 4.69) is 14.9 Å². The van der Waals surface area contributed by atoms with Gasteiger partial charge in [0.2, 0.25) is 0 Å². The third kappa shape index (κ3) is 4.82. The van der Waals surface area contributed by atoms with Gasteiger partial charge in [0.05, 0.1) is 24.5 Å². The van der Waals surface area contributed by atoms with Crippen LogP contribution < -0.4 is 14.4 Å². The summed E-state index contributed by atoms with van der Waals surface area (Å²) in [5.41, 5.74) is 2.51. The molecule has 2 heterocycles. The van der Waals surface area contributed by atoms with Crippen LogP contribution in [0.25, 0.3) is 22.0 Å². The van der Waals surface area contributed by atoms with Crippen LogP contribution in [0, 0.1) is 0 Å². The van der Waals surface area contributed by atoms with Gasteiger partial charge in [-0.05, 0) is 55.0 Å². The first-order valence-corrected chi connectivity index (χ1v) is 12.4. The number of carbonyl (C=O) groups is 1. The van der Waals surface area contributed by atoms with E-state index in [0.717, 1.165) is 33.6 Å². The number of hydrogen-bond acceptors (Lipinski definition) is 6. The number of fused-ring (bicyclic) bond motifs is 1. The lowest BCUT2D eigenvalue weighted by molar-refractivity contribution is 0.0744. The zero-order valence-electron chi connectivity index (χ0n) is 20.7. The minimum atomic E-state index is 0.00710. The monoisotopic (exact) mass is 482 g/mol. The Hall–Kier alpha value is -4.13. The van der Waals surface area contributed by atoms with Crippen molar-refractivity contribution in [1.82, 2.24) is 14.9 Å². The Morgan fingerprint density at radius 3 is 2.36 bits per heavy atom. The molecule has 0 bridgehead atoms. The molecular formula is C29H30N4O3. The van der Waals surface area contributed by atoms with Crippen LogP contribution >= 0.6 is 0 Å². The molecule has 1 fully saturated rings. The van der Waals surface area contributed by atoms with E-state index in [-0.39, 0.29) is 5.91 Å². The Morgan fingerprint density at radius 1 is 0.861 bits per heavy atom. The summed E-state index contributed by atoms with van der Waals surface area (Å²) in [5.74, 6) is 2.35. The zero-order valence-corrected chi connectivity index (χ0v) is 20.7. The molecule has 4 aromatic rings. The molecule has 1 aliphatic heterocycles. The van der Waals surface area contributed by atoms with Crippen molar-refractivity contribution in [2.75, 3.05) is 44.3 Å². The molecule has 5 rings (SSSR count). The van der Waals surface area contributed by atoms with Crippen molar-refractivity contribution < 1.29 is 14.3 Å². The molecule has 0 saturated carbocycles. The molecule has 7 heteroatoms. The number of piperazine rings is 1. The molecule has 0 aliphatic carbocycles. The van der Waals surface area contributed by atoms with Crippen molar-refractivity contribution in [3.63, 3.8) is 0 Å². The molecule has 1 aliphatic rings. The lowest BCUT2D eigenvalue weighted by Crippen LogP contribution is -2.49. The third-order valence-corrected chi connectivity index (χ3v) is 6.41. The van der Waals surface area contributed by atoms with Gasteiger partial charge in [0, 0.05) is 37.8 Å². The lowest BCUT2D eigenvalue weighted by Gasteiger charge is -2.35. The second kappa shape index (κ2) is 10.6. The van der Waals surface area contributed by atoms with Crippen LogP contribution in [0.2, 0.25) is 0 Å². The van der Waals surface area contributed by atoms with E-state index >= 15 is 0 Å². The zero-order chi connectivity index (χ0) is 24.9. The molecule has 0 radical (unpaired) electrons. The van der Waals surface area contributed by atoms with Gasteiger partial charge in [-0.25, -0.2) is 9.97 Å². The van der Waals surface area contributed by atoms with Crippen molar-refractivity contribution >= 4 is 22.5 Å². The Labute approximate surface area is 211 Å². The van der Waals surface area contributed by atoms with Gasteiger partial charge in [0.25, 0.3) is 5.91 Å². The molecule has 1 amide bonds. The highest BCUT2D eigenvalue weighted by Gasteiger charge is 2.26. The summed E-state index contributed by atoms with van der Waals surface area (Å²) in [7, 11) is 0. The summed E-state index contributed by atoms with van der Waals surface area (Å²) >= 11 is 0. The quantitative estimate of drug-likeness (QED) is 0.367. The molecule has 0 unspecified atom stereocenters. The predicted molar refractivity (Wildman–Crippen MR) is 142 cm³/mol. The predicted octanol–water partition coefficient (Wildman–Crippen LogP) is 5.06. The molecule has 0 N–H and O–H groups in total. The standard InChI is InChI=1S/C29H30N4O3/c1-3-35-23-12-9-22(10-13-23)25-19-27(31-20-30-25)32-15-17-33(18-16-32)29(34)28-24-8-6-5-7-21(24)11-14-26(28)36-4-2/h5-14,19-20H,3-4,15-18H2,1-2H3. The number of carbonyl (C=O) groups excluding carboxylic acids is 1. The topological polar surface area (TPSA) is 67.8 Å².